The molecule has 1 heterocycles. The summed E-state index contributed by atoms with van der Waals surface area (Å²) in [5.41, 5.74) is 10.0. The number of rotatable bonds is 5. The van der Waals surface area contributed by atoms with Gasteiger partial charge in [0, 0.05) is 24.9 Å². The Morgan fingerprint density at radius 2 is 1.97 bits per heavy atom. The number of hydrogen-bond acceptors (Lipinski definition) is 4. The first kappa shape index (κ1) is 23.5. The number of ketones is 1. The molecule has 162 valence electrons. The molecule has 0 bridgehead atoms. The number of halogens is 1. The summed E-state index contributed by atoms with van der Waals surface area (Å²) in [6.45, 7) is 12.8. The Bertz CT molecular complexity index is 931. The van der Waals surface area contributed by atoms with Crippen LogP contribution in [0, 0.1) is 5.82 Å². The normalized spacial score (nSPS) is 19.6. The van der Waals surface area contributed by atoms with Gasteiger partial charge >= 0.3 is 0 Å². The topological polar surface area (TPSA) is 80.3 Å². The molecule has 1 atom stereocenters. The van der Waals surface area contributed by atoms with Crippen molar-refractivity contribution in [2.24, 2.45) is 15.7 Å². The summed E-state index contributed by atoms with van der Waals surface area (Å²) in [5, 5.41) is 0. The number of carbonyl (C=O) groups excluding carboxylic acids is 1. The summed E-state index contributed by atoms with van der Waals surface area (Å²) in [4.78, 5) is 22.0. The van der Waals surface area contributed by atoms with Crippen LogP contribution in [0.3, 0.4) is 0 Å². The van der Waals surface area contributed by atoms with Crippen molar-refractivity contribution in [3.8, 4) is 0 Å². The highest BCUT2D eigenvalue weighted by Gasteiger charge is 2.19. The molecule has 1 unspecified atom stereocenters. The number of nitrogens with zero attached hydrogens (tertiary/aromatic N) is 3. The van der Waals surface area contributed by atoms with Gasteiger partial charge in [0.1, 0.15) is 5.82 Å². The Morgan fingerprint density at radius 1 is 1.27 bits per heavy atom. The second-order valence-corrected chi connectivity index (χ2v) is 7.62. The Labute approximate surface area is 178 Å². The van der Waals surface area contributed by atoms with Gasteiger partial charge in [-0.15, -0.1) is 0 Å². The highest BCUT2D eigenvalue weighted by molar-refractivity contribution is 6.05. The summed E-state index contributed by atoms with van der Waals surface area (Å²) < 4.78 is 20.1. The monoisotopic (exact) mass is 414 g/mol. The Kier molecular flexibility index (Phi) is 8.06. The molecule has 1 aliphatic heterocycles. The highest BCUT2D eigenvalue weighted by Crippen LogP contribution is 2.26. The SMILES string of the molecule is CC(=O)/C(C)=C(C)/C=C(C)/C(C)=N/C(N)=Nc1ccc(N2CCOC(C)C2)c(F)c1. The van der Waals surface area contributed by atoms with E-state index in [1.807, 2.05) is 38.7 Å². The van der Waals surface area contributed by atoms with E-state index in [4.69, 9.17) is 10.5 Å². The number of Topliss-reactive ketones (excluding diaryl/α,β-unsaturated/α-hetero) is 1. The fourth-order valence-corrected chi connectivity index (χ4v) is 3.09. The Balaban J connectivity index is 2.19. The molecule has 0 amide bonds. The predicted molar refractivity (Wildman–Crippen MR) is 121 cm³/mol. The third kappa shape index (κ3) is 6.35. The van der Waals surface area contributed by atoms with Crippen molar-refractivity contribution >= 4 is 28.8 Å². The van der Waals surface area contributed by atoms with E-state index in [-0.39, 0.29) is 23.7 Å². The van der Waals surface area contributed by atoms with E-state index in [0.717, 1.165) is 11.1 Å². The molecule has 7 heteroatoms. The van der Waals surface area contributed by atoms with Crippen molar-refractivity contribution in [2.75, 3.05) is 24.6 Å². The molecule has 1 aromatic carbocycles. The average Bonchev–Trinajstić information content (AvgIpc) is 2.67. The third-order valence-electron chi connectivity index (χ3n) is 5.16. The zero-order valence-electron chi connectivity index (χ0n) is 18.6. The van der Waals surface area contributed by atoms with Crippen LogP contribution in [0.25, 0.3) is 0 Å². The molecule has 0 spiro atoms. The van der Waals surface area contributed by atoms with Crippen LogP contribution in [0.15, 0.2) is 51.0 Å². The number of guanidine groups is 1. The van der Waals surface area contributed by atoms with Crippen LogP contribution in [-0.2, 0) is 9.53 Å². The minimum absolute atomic E-state index is 0.0317. The Hall–Kier alpha value is -2.80. The van der Waals surface area contributed by atoms with E-state index in [2.05, 4.69) is 9.98 Å². The fourth-order valence-electron chi connectivity index (χ4n) is 3.09. The molecule has 0 radical (unpaired) electrons. The number of carbonyl (C=O) groups is 1. The van der Waals surface area contributed by atoms with Gasteiger partial charge in [-0.1, -0.05) is 6.08 Å². The first-order valence-electron chi connectivity index (χ1n) is 10.0. The van der Waals surface area contributed by atoms with Gasteiger partial charge in [0.05, 0.1) is 24.1 Å². The molecule has 1 saturated heterocycles. The molecule has 1 aliphatic rings. The van der Waals surface area contributed by atoms with Gasteiger partial charge in [0.2, 0.25) is 5.96 Å². The van der Waals surface area contributed by atoms with Crippen molar-refractivity contribution in [3.63, 3.8) is 0 Å². The number of nitrogens with two attached hydrogens (primary N) is 1. The van der Waals surface area contributed by atoms with Crippen LogP contribution in [0.2, 0.25) is 0 Å². The number of ether oxygens (including phenoxy) is 1. The lowest BCUT2D eigenvalue weighted by Crippen LogP contribution is -2.41. The summed E-state index contributed by atoms with van der Waals surface area (Å²) in [6.07, 6.45) is 1.96. The molecule has 30 heavy (non-hydrogen) atoms. The molecule has 0 saturated carbocycles. The smallest absolute Gasteiger partial charge is 0.220 e. The van der Waals surface area contributed by atoms with Crippen LogP contribution in [0.1, 0.15) is 41.5 Å². The van der Waals surface area contributed by atoms with Crippen LogP contribution in [0.4, 0.5) is 15.8 Å². The zero-order valence-corrected chi connectivity index (χ0v) is 18.6. The summed E-state index contributed by atoms with van der Waals surface area (Å²) in [6, 6.07) is 4.79. The predicted octanol–water partition coefficient (Wildman–Crippen LogP) is 4.33. The average molecular weight is 415 g/mol. The summed E-state index contributed by atoms with van der Waals surface area (Å²) in [7, 11) is 0. The van der Waals surface area contributed by atoms with E-state index in [1.54, 1.807) is 19.1 Å². The van der Waals surface area contributed by atoms with Crippen LogP contribution < -0.4 is 10.6 Å². The van der Waals surface area contributed by atoms with E-state index in [9.17, 15) is 9.18 Å². The third-order valence-corrected chi connectivity index (χ3v) is 5.16. The highest BCUT2D eigenvalue weighted by atomic mass is 19.1. The number of aliphatic imine (C=N–C) groups is 2. The number of anilines is 1. The molecule has 6 nitrogen and oxygen atoms in total. The minimum atomic E-state index is -0.351. The molecule has 1 aromatic rings. The lowest BCUT2D eigenvalue weighted by Gasteiger charge is -2.33. The number of hydrogen-bond donors (Lipinski definition) is 1. The maximum absolute atomic E-state index is 14.6. The molecule has 2 N–H and O–H groups in total. The van der Waals surface area contributed by atoms with Crippen molar-refractivity contribution in [1.29, 1.82) is 0 Å². The zero-order chi connectivity index (χ0) is 22.4. The van der Waals surface area contributed by atoms with Crippen LogP contribution in [-0.4, -0.2) is 43.3 Å². The quantitative estimate of drug-likeness (QED) is 0.337. The van der Waals surface area contributed by atoms with E-state index in [0.29, 0.717) is 42.4 Å². The fraction of sp³-hybridized carbons (Fsp3) is 0.435. The lowest BCUT2D eigenvalue weighted by atomic mass is 10.0. The van der Waals surface area contributed by atoms with Gasteiger partial charge in [-0.2, -0.15) is 0 Å². The molecule has 1 fully saturated rings. The van der Waals surface area contributed by atoms with Gasteiger partial charge in [-0.3, -0.25) is 4.79 Å². The van der Waals surface area contributed by atoms with Crippen LogP contribution >= 0.6 is 0 Å². The molecular weight excluding hydrogens is 383 g/mol. The number of benzene rings is 1. The standard InChI is InChI=1S/C23H31FN4O2/c1-14(17(4)19(6)29)11-15(2)18(5)26-23(25)27-20-7-8-22(21(24)12-20)28-9-10-30-16(3)13-28/h7-8,11-12,16H,9-10,13H2,1-6H3,(H2,25,27)/b15-11+,17-14+,26-18+. The maximum Gasteiger partial charge on any atom is 0.220 e. The van der Waals surface area contributed by atoms with Gasteiger partial charge in [0.15, 0.2) is 5.78 Å². The molecular formula is C23H31FN4O2. The Morgan fingerprint density at radius 3 is 2.57 bits per heavy atom. The summed E-state index contributed by atoms with van der Waals surface area (Å²) in [5.74, 6) is -0.281. The molecule has 0 aliphatic carbocycles. The van der Waals surface area contributed by atoms with Gasteiger partial charge < -0.3 is 15.4 Å². The first-order valence-corrected chi connectivity index (χ1v) is 10.0. The largest absolute Gasteiger partial charge is 0.375 e. The van der Waals surface area contributed by atoms with E-state index < -0.39 is 0 Å². The minimum Gasteiger partial charge on any atom is -0.375 e. The van der Waals surface area contributed by atoms with Crippen molar-refractivity contribution in [1.82, 2.24) is 0 Å². The van der Waals surface area contributed by atoms with Crippen molar-refractivity contribution in [2.45, 2.75) is 47.6 Å². The van der Waals surface area contributed by atoms with Crippen LogP contribution in [0.5, 0.6) is 0 Å². The second-order valence-electron chi connectivity index (χ2n) is 7.62. The lowest BCUT2D eigenvalue weighted by molar-refractivity contribution is -0.113. The van der Waals surface area contributed by atoms with Gasteiger partial charge in [-0.05, 0) is 70.4 Å². The molecule has 2 rings (SSSR count). The maximum atomic E-state index is 14.6. The van der Waals surface area contributed by atoms with E-state index >= 15 is 0 Å². The molecule has 0 aromatic heterocycles. The van der Waals surface area contributed by atoms with E-state index in [1.165, 1.54) is 13.0 Å². The first-order chi connectivity index (χ1) is 14.1. The summed E-state index contributed by atoms with van der Waals surface area (Å²) >= 11 is 0. The number of morpholine rings is 1. The van der Waals surface area contributed by atoms with Gasteiger partial charge in [0.25, 0.3) is 0 Å². The second kappa shape index (κ2) is 10.3. The van der Waals surface area contributed by atoms with Crippen molar-refractivity contribution in [3.05, 3.63) is 46.8 Å². The van der Waals surface area contributed by atoms with Gasteiger partial charge in [-0.25, -0.2) is 14.4 Å². The van der Waals surface area contributed by atoms with Crippen molar-refractivity contribution < 1.29 is 13.9 Å². The number of allylic oxidation sites excluding steroid dienone is 4.